The Balaban J connectivity index is 1.77. The van der Waals surface area contributed by atoms with Gasteiger partial charge in [-0.25, -0.2) is 0 Å². The molecule has 2 heterocycles. The number of thioether (sulfide) groups is 1. The third kappa shape index (κ3) is 3.27. The van der Waals surface area contributed by atoms with Crippen LogP contribution in [0.25, 0.3) is 10.9 Å². The number of aromatic amines is 1. The Labute approximate surface area is 144 Å². The molecule has 0 aliphatic carbocycles. The molecule has 1 aliphatic heterocycles. The van der Waals surface area contributed by atoms with Crippen molar-refractivity contribution in [2.45, 2.75) is 19.0 Å². The zero-order valence-electron chi connectivity index (χ0n) is 13.7. The molecule has 0 unspecified atom stereocenters. The lowest BCUT2D eigenvalue weighted by atomic mass is 10.1. The highest BCUT2D eigenvalue weighted by atomic mass is 32.2. The number of nitrogens with one attached hydrogen (secondary N) is 2. The van der Waals surface area contributed by atoms with Crippen molar-refractivity contribution >= 4 is 34.5 Å². The van der Waals surface area contributed by atoms with Crippen molar-refractivity contribution in [3.8, 4) is 0 Å². The maximum atomic E-state index is 12.9. The van der Waals surface area contributed by atoms with Gasteiger partial charge in [-0.1, -0.05) is 18.2 Å². The minimum absolute atomic E-state index is 0.0851. The molecule has 2 aromatic rings. The van der Waals surface area contributed by atoms with Crippen LogP contribution >= 0.6 is 11.8 Å². The number of nitrogens with zero attached hydrogens (tertiary/aromatic N) is 1. The lowest BCUT2D eigenvalue weighted by Gasteiger charge is -2.24. The zero-order valence-corrected chi connectivity index (χ0v) is 14.6. The molecule has 3 rings (SSSR count). The van der Waals surface area contributed by atoms with Gasteiger partial charge in [-0.3, -0.25) is 9.59 Å². The Hall–Kier alpha value is -1.99. The van der Waals surface area contributed by atoms with Crippen molar-refractivity contribution in [3.63, 3.8) is 0 Å². The lowest BCUT2D eigenvalue weighted by molar-refractivity contribution is -0.125. The normalized spacial score (nSPS) is 18.8. The first-order valence-corrected chi connectivity index (χ1v) is 9.01. The minimum atomic E-state index is -0.449. The molecule has 1 aromatic heterocycles. The van der Waals surface area contributed by atoms with Gasteiger partial charge in [-0.15, -0.1) is 11.8 Å². The van der Waals surface area contributed by atoms with Crippen LogP contribution in [0.2, 0.25) is 0 Å². The first kappa shape index (κ1) is 16.9. The fourth-order valence-corrected chi connectivity index (χ4v) is 4.05. The molecule has 1 aliphatic rings. The largest absolute Gasteiger partial charge is 0.383 e. The highest BCUT2D eigenvalue weighted by molar-refractivity contribution is 7.99. The van der Waals surface area contributed by atoms with Crippen LogP contribution in [0.5, 0.6) is 0 Å². The third-order valence-electron chi connectivity index (χ3n) is 4.07. The second-order valence-corrected chi connectivity index (χ2v) is 6.90. The number of hydrogen-bond acceptors (Lipinski definition) is 4. The molecule has 0 spiro atoms. The van der Waals surface area contributed by atoms with Gasteiger partial charge in [0.1, 0.15) is 6.04 Å². The van der Waals surface area contributed by atoms with Crippen molar-refractivity contribution in [1.29, 1.82) is 0 Å². The van der Waals surface area contributed by atoms with Crippen molar-refractivity contribution < 1.29 is 14.3 Å². The third-order valence-corrected chi connectivity index (χ3v) is 5.08. The Kier molecular flexibility index (Phi) is 5.11. The molecule has 2 N–H and O–H groups in total. The molecule has 2 amide bonds. The van der Waals surface area contributed by atoms with Crippen molar-refractivity contribution in [2.75, 3.05) is 25.3 Å². The van der Waals surface area contributed by atoms with Crippen LogP contribution < -0.4 is 5.32 Å². The number of para-hydroxylation sites is 1. The maximum Gasteiger partial charge on any atom is 0.257 e. The smallest absolute Gasteiger partial charge is 0.257 e. The van der Waals surface area contributed by atoms with Gasteiger partial charge in [0.2, 0.25) is 5.91 Å². The summed E-state index contributed by atoms with van der Waals surface area (Å²) in [6.45, 7) is 2.33. The van der Waals surface area contributed by atoms with E-state index in [0.29, 0.717) is 23.8 Å². The SMILES string of the molecule is COC[C@@H](C)NC(=O)[C@@H]1CSCN1C(=O)c1c[nH]c2ccccc12. The van der Waals surface area contributed by atoms with Crippen LogP contribution in [-0.2, 0) is 9.53 Å². The van der Waals surface area contributed by atoms with E-state index in [1.807, 2.05) is 31.2 Å². The number of rotatable bonds is 5. The Morgan fingerprint density at radius 3 is 3.04 bits per heavy atom. The van der Waals surface area contributed by atoms with Gasteiger partial charge in [0.05, 0.1) is 18.0 Å². The molecule has 24 heavy (non-hydrogen) atoms. The van der Waals surface area contributed by atoms with Crippen molar-refractivity contribution in [2.24, 2.45) is 0 Å². The molecule has 1 aromatic carbocycles. The second-order valence-electron chi connectivity index (χ2n) is 5.90. The van der Waals surface area contributed by atoms with E-state index in [2.05, 4.69) is 10.3 Å². The van der Waals surface area contributed by atoms with E-state index in [4.69, 9.17) is 4.74 Å². The first-order valence-electron chi connectivity index (χ1n) is 7.86. The Morgan fingerprint density at radius 1 is 1.46 bits per heavy atom. The first-order chi connectivity index (χ1) is 11.6. The average molecular weight is 347 g/mol. The summed E-state index contributed by atoms with van der Waals surface area (Å²) in [5.74, 6) is 0.893. The van der Waals surface area contributed by atoms with E-state index in [1.54, 1.807) is 30.0 Å². The molecule has 2 atom stereocenters. The summed E-state index contributed by atoms with van der Waals surface area (Å²) in [7, 11) is 1.60. The van der Waals surface area contributed by atoms with Gasteiger partial charge in [0.25, 0.3) is 5.91 Å². The van der Waals surface area contributed by atoms with Gasteiger partial charge in [-0.2, -0.15) is 0 Å². The van der Waals surface area contributed by atoms with E-state index in [0.717, 1.165) is 10.9 Å². The van der Waals surface area contributed by atoms with Crippen LogP contribution in [-0.4, -0.2) is 59.1 Å². The van der Waals surface area contributed by atoms with Gasteiger partial charge in [0.15, 0.2) is 0 Å². The Morgan fingerprint density at radius 2 is 2.25 bits per heavy atom. The Bertz CT molecular complexity index is 746. The number of H-pyrrole nitrogens is 1. The minimum Gasteiger partial charge on any atom is -0.383 e. The maximum absolute atomic E-state index is 12.9. The molecule has 0 bridgehead atoms. The molecule has 1 fully saturated rings. The fraction of sp³-hybridized carbons (Fsp3) is 0.412. The number of carbonyl (C=O) groups is 2. The predicted octanol–water partition coefficient (Wildman–Crippen LogP) is 1.83. The average Bonchev–Trinajstić information content (AvgIpc) is 3.21. The summed E-state index contributed by atoms with van der Waals surface area (Å²) in [6.07, 6.45) is 1.72. The number of amides is 2. The molecular formula is C17H21N3O3S. The molecule has 0 radical (unpaired) electrons. The van der Waals surface area contributed by atoms with E-state index in [9.17, 15) is 9.59 Å². The highest BCUT2D eigenvalue weighted by Gasteiger charge is 2.36. The van der Waals surface area contributed by atoms with Gasteiger partial charge < -0.3 is 19.9 Å². The predicted molar refractivity (Wildman–Crippen MR) is 95.1 cm³/mol. The summed E-state index contributed by atoms with van der Waals surface area (Å²) in [4.78, 5) is 30.2. The van der Waals surface area contributed by atoms with Crippen molar-refractivity contribution in [1.82, 2.24) is 15.2 Å². The monoisotopic (exact) mass is 347 g/mol. The standard InChI is InChI=1S/C17H21N3O3S/c1-11(8-23-2)19-16(21)15-9-24-10-20(15)17(22)13-7-18-14-6-4-3-5-12(13)14/h3-7,11,15,18H,8-10H2,1-2H3,(H,19,21)/t11-,15+/m1/s1. The summed E-state index contributed by atoms with van der Waals surface area (Å²) in [6, 6.07) is 7.14. The zero-order chi connectivity index (χ0) is 17.1. The number of benzene rings is 1. The number of hydrogen-bond donors (Lipinski definition) is 2. The topological polar surface area (TPSA) is 74.4 Å². The molecular weight excluding hydrogens is 326 g/mol. The van der Waals surface area contributed by atoms with Gasteiger partial charge >= 0.3 is 0 Å². The number of carbonyl (C=O) groups excluding carboxylic acids is 2. The highest BCUT2D eigenvalue weighted by Crippen LogP contribution is 2.26. The number of ether oxygens (including phenoxy) is 1. The van der Waals surface area contributed by atoms with Crippen LogP contribution in [0.1, 0.15) is 17.3 Å². The summed E-state index contributed by atoms with van der Waals surface area (Å²) in [5, 5.41) is 3.79. The molecule has 7 heteroatoms. The molecule has 1 saturated heterocycles. The van der Waals surface area contributed by atoms with E-state index in [1.165, 1.54) is 0 Å². The van der Waals surface area contributed by atoms with Crippen LogP contribution in [0.15, 0.2) is 30.5 Å². The quantitative estimate of drug-likeness (QED) is 0.865. The van der Waals surface area contributed by atoms with E-state index < -0.39 is 6.04 Å². The number of fused-ring (bicyclic) bond motifs is 1. The van der Waals surface area contributed by atoms with E-state index >= 15 is 0 Å². The summed E-state index contributed by atoms with van der Waals surface area (Å²) in [5.41, 5.74) is 1.53. The number of aromatic nitrogens is 1. The van der Waals surface area contributed by atoms with Gasteiger partial charge in [-0.05, 0) is 13.0 Å². The lowest BCUT2D eigenvalue weighted by Crippen LogP contribution is -2.50. The van der Waals surface area contributed by atoms with Crippen LogP contribution in [0.3, 0.4) is 0 Å². The van der Waals surface area contributed by atoms with Gasteiger partial charge in [0, 0.05) is 36.0 Å². The molecule has 6 nitrogen and oxygen atoms in total. The van der Waals surface area contributed by atoms with Crippen molar-refractivity contribution in [3.05, 3.63) is 36.0 Å². The van der Waals surface area contributed by atoms with Crippen LogP contribution in [0.4, 0.5) is 0 Å². The summed E-state index contributed by atoms with van der Waals surface area (Å²) >= 11 is 1.59. The summed E-state index contributed by atoms with van der Waals surface area (Å²) < 4.78 is 5.04. The molecule has 128 valence electrons. The fourth-order valence-electron chi connectivity index (χ4n) is 2.89. The molecule has 0 saturated carbocycles. The number of methoxy groups -OCH3 is 1. The van der Waals surface area contributed by atoms with E-state index in [-0.39, 0.29) is 17.9 Å². The second kappa shape index (κ2) is 7.27. The van der Waals surface area contributed by atoms with Crippen LogP contribution in [0, 0.1) is 0 Å².